The minimum absolute atomic E-state index is 0.0103. The van der Waals surface area contributed by atoms with Crippen molar-refractivity contribution in [2.75, 3.05) is 32.8 Å². The number of nitrogens with zero attached hydrogens (tertiary/aromatic N) is 2. The molecule has 7 nitrogen and oxygen atoms in total. The van der Waals surface area contributed by atoms with Crippen molar-refractivity contribution >= 4 is 44.4 Å². The van der Waals surface area contributed by atoms with Gasteiger partial charge >= 0.3 is 0 Å². The Labute approximate surface area is 206 Å². The van der Waals surface area contributed by atoms with Crippen LogP contribution in [0.2, 0.25) is 0 Å². The molecule has 8 heteroatoms. The van der Waals surface area contributed by atoms with Crippen LogP contribution in [0.1, 0.15) is 48.0 Å². The van der Waals surface area contributed by atoms with Gasteiger partial charge in [-0.05, 0) is 35.9 Å². The number of hydrogen-bond acceptors (Lipinski definition) is 4. The first-order valence-electron chi connectivity index (χ1n) is 11.3. The lowest BCUT2D eigenvalue weighted by Gasteiger charge is -2.34. The molecule has 34 heavy (non-hydrogen) atoms. The standard InChI is InChI=1S/C26H26BrN3O4/c1-15(31)29-8-10-30(11-9-29)22(32)14-34-17-5-7-18-20(13-17)26(2,3)25-23(24(18)33)19-6-4-16(27)12-21(19)28-25/h4-7,12-13,28H,8-11,14H2,1-3H3. The average molecular weight is 524 g/mol. The lowest BCUT2D eigenvalue weighted by atomic mass is 9.71. The van der Waals surface area contributed by atoms with Crippen molar-refractivity contribution in [2.24, 2.45) is 0 Å². The maximum absolute atomic E-state index is 13.5. The van der Waals surface area contributed by atoms with E-state index in [4.69, 9.17) is 4.74 Å². The summed E-state index contributed by atoms with van der Waals surface area (Å²) in [6, 6.07) is 11.3. The molecule has 0 unspecified atom stereocenters. The maximum atomic E-state index is 13.5. The van der Waals surface area contributed by atoms with E-state index < -0.39 is 5.41 Å². The number of nitrogens with one attached hydrogen (secondary N) is 1. The summed E-state index contributed by atoms with van der Waals surface area (Å²) in [5.74, 6) is 0.460. The van der Waals surface area contributed by atoms with Gasteiger partial charge in [0, 0.05) is 65.2 Å². The Balaban J connectivity index is 1.37. The molecule has 0 atom stereocenters. The first-order chi connectivity index (χ1) is 16.2. The zero-order chi connectivity index (χ0) is 24.2. The fourth-order valence-electron chi connectivity index (χ4n) is 4.98. The van der Waals surface area contributed by atoms with Gasteiger partial charge < -0.3 is 19.5 Å². The van der Waals surface area contributed by atoms with Gasteiger partial charge in [0.2, 0.25) is 5.91 Å². The monoisotopic (exact) mass is 523 g/mol. The third-order valence-electron chi connectivity index (χ3n) is 6.96. The number of carbonyl (C=O) groups excluding carboxylic acids is 3. The number of halogens is 1. The van der Waals surface area contributed by atoms with E-state index in [9.17, 15) is 14.4 Å². The summed E-state index contributed by atoms with van der Waals surface area (Å²) in [5.41, 5.74) is 3.59. The van der Waals surface area contributed by atoms with Crippen molar-refractivity contribution in [3.63, 3.8) is 0 Å². The van der Waals surface area contributed by atoms with Crippen LogP contribution in [-0.2, 0) is 15.0 Å². The minimum atomic E-state index is -0.448. The second kappa shape index (κ2) is 8.27. The van der Waals surface area contributed by atoms with Crippen LogP contribution < -0.4 is 4.74 Å². The van der Waals surface area contributed by atoms with Crippen LogP contribution in [0.15, 0.2) is 40.9 Å². The van der Waals surface area contributed by atoms with Crippen LogP contribution in [0.5, 0.6) is 5.75 Å². The molecule has 5 rings (SSSR count). The molecule has 176 valence electrons. The SMILES string of the molecule is CC(=O)N1CCN(C(=O)COc2ccc3c(c2)C(C)(C)c2[nH]c4cc(Br)ccc4c2C3=O)CC1. The fraction of sp³-hybridized carbons (Fsp3) is 0.346. The Bertz CT molecular complexity index is 1340. The van der Waals surface area contributed by atoms with Gasteiger partial charge in [0.1, 0.15) is 5.75 Å². The summed E-state index contributed by atoms with van der Waals surface area (Å²) >= 11 is 3.50. The highest BCUT2D eigenvalue weighted by Crippen LogP contribution is 2.44. The number of amides is 2. The summed E-state index contributed by atoms with van der Waals surface area (Å²) in [5, 5.41) is 0.915. The van der Waals surface area contributed by atoms with E-state index in [2.05, 4.69) is 34.8 Å². The number of ether oxygens (including phenoxy) is 1. The molecule has 1 N–H and O–H groups in total. The molecular formula is C26H26BrN3O4. The predicted octanol–water partition coefficient (Wildman–Crippen LogP) is 3.87. The molecule has 1 fully saturated rings. The molecule has 1 saturated heterocycles. The first-order valence-corrected chi connectivity index (χ1v) is 12.1. The molecule has 0 saturated carbocycles. The van der Waals surface area contributed by atoms with Gasteiger partial charge in [-0.25, -0.2) is 0 Å². The normalized spacial score (nSPS) is 16.9. The lowest BCUT2D eigenvalue weighted by Crippen LogP contribution is -2.51. The van der Waals surface area contributed by atoms with E-state index in [0.717, 1.165) is 26.6 Å². The number of ketones is 1. The molecule has 1 aliphatic carbocycles. The predicted molar refractivity (Wildman–Crippen MR) is 132 cm³/mol. The summed E-state index contributed by atoms with van der Waals surface area (Å²) < 4.78 is 6.80. The van der Waals surface area contributed by atoms with Crippen LogP contribution in [0.25, 0.3) is 10.9 Å². The van der Waals surface area contributed by atoms with E-state index in [1.165, 1.54) is 0 Å². The van der Waals surface area contributed by atoms with Gasteiger partial charge in [-0.15, -0.1) is 0 Å². The van der Waals surface area contributed by atoms with Gasteiger partial charge in [-0.2, -0.15) is 0 Å². The van der Waals surface area contributed by atoms with Gasteiger partial charge in [-0.3, -0.25) is 14.4 Å². The van der Waals surface area contributed by atoms with Crippen molar-refractivity contribution in [1.29, 1.82) is 0 Å². The quantitative estimate of drug-likeness (QED) is 0.564. The topological polar surface area (TPSA) is 82.7 Å². The maximum Gasteiger partial charge on any atom is 0.260 e. The molecule has 2 aromatic carbocycles. The number of aromatic nitrogens is 1. The minimum Gasteiger partial charge on any atom is -0.484 e. The van der Waals surface area contributed by atoms with E-state index in [-0.39, 0.29) is 24.2 Å². The number of hydrogen-bond donors (Lipinski definition) is 1. The number of piperazine rings is 1. The Morgan fingerprint density at radius 1 is 1.06 bits per heavy atom. The second-order valence-corrected chi connectivity index (χ2v) is 10.3. The average Bonchev–Trinajstić information content (AvgIpc) is 3.21. The number of fused-ring (bicyclic) bond motifs is 4. The number of aromatic amines is 1. The van der Waals surface area contributed by atoms with E-state index in [0.29, 0.717) is 43.1 Å². The van der Waals surface area contributed by atoms with Crippen molar-refractivity contribution in [2.45, 2.75) is 26.2 Å². The lowest BCUT2D eigenvalue weighted by molar-refractivity contribution is -0.139. The van der Waals surface area contributed by atoms with Gasteiger partial charge in [0.05, 0.1) is 5.56 Å². The highest BCUT2D eigenvalue weighted by atomic mass is 79.9. The molecule has 0 radical (unpaired) electrons. The second-order valence-electron chi connectivity index (χ2n) is 9.40. The highest BCUT2D eigenvalue weighted by molar-refractivity contribution is 9.10. The molecule has 3 aromatic rings. The van der Waals surface area contributed by atoms with Gasteiger partial charge in [-0.1, -0.05) is 35.8 Å². The molecule has 2 amide bonds. The van der Waals surface area contributed by atoms with E-state index in [1.807, 2.05) is 24.3 Å². The molecule has 1 aromatic heterocycles. The van der Waals surface area contributed by atoms with Crippen LogP contribution in [0.4, 0.5) is 0 Å². The van der Waals surface area contributed by atoms with Crippen molar-refractivity contribution < 1.29 is 19.1 Å². The zero-order valence-electron chi connectivity index (χ0n) is 19.4. The summed E-state index contributed by atoms with van der Waals surface area (Å²) in [7, 11) is 0. The largest absolute Gasteiger partial charge is 0.484 e. The van der Waals surface area contributed by atoms with Crippen LogP contribution in [-0.4, -0.2) is 65.2 Å². The Morgan fingerprint density at radius 3 is 2.47 bits per heavy atom. The summed E-state index contributed by atoms with van der Waals surface area (Å²) in [4.78, 5) is 44.5. The number of carbonyl (C=O) groups is 3. The molecule has 1 aliphatic heterocycles. The van der Waals surface area contributed by atoms with Gasteiger partial charge in [0.15, 0.2) is 12.4 Å². The molecule has 2 heterocycles. The third-order valence-corrected chi connectivity index (χ3v) is 7.45. The number of rotatable bonds is 3. The van der Waals surface area contributed by atoms with Crippen LogP contribution in [0, 0.1) is 0 Å². The number of benzene rings is 2. The van der Waals surface area contributed by atoms with Crippen molar-refractivity contribution in [3.8, 4) is 5.75 Å². The third kappa shape index (κ3) is 3.70. The van der Waals surface area contributed by atoms with E-state index in [1.54, 1.807) is 28.9 Å². The number of H-pyrrole nitrogens is 1. The smallest absolute Gasteiger partial charge is 0.260 e. The van der Waals surface area contributed by atoms with Crippen molar-refractivity contribution in [3.05, 3.63) is 63.3 Å². The van der Waals surface area contributed by atoms with Gasteiger partial charge in [0.25, 0.3) is 5.91 Å². The highest BCUT2D eigenvalue weighted by Gasteiger charge is 2.40. The van der Waals surface area contributed by atoms with Crippen LogP contribution >= 0.6 is 15.9 Å². The van der Waals surface area contributed by atoms with E-state index >= 15 is 0 Å². The Kier molecular flexibility index (Phi) is 5.51. The summed E-state index contributed by atoms with van der Waals surface area (Å²) in [6.45, 7) is 7.73. The Hall–Kier alpha value is -3.13. The molecular weight excluding hydrogens is 498 g/mol. The fourth-order valence-corrected chi connectivity index (χ4v) is 5.34. The summed E-state index contributed by atoms with van der Waals surface area (Å²) in [6.07, 6.45) is 0. The molecule has 0 bridgehead atoms. The van der Waals surface area contributed by atoms with Crippen molar-refractivity contribution in [1.82, 2.24) is 14.8 Å². The molecule has 2 aliphatic rings. The van der Waals surface area contributed by atoms with Crippen LogP contribution in [0.3, 0.4) is 0 Å². The Morgan fingerprint density at radius 2 is 1.76 bits per heavy atom. The zero-order valence-corrected chi connectivity index (χ0v) is 21.0. The molecule has 0 spiro atoms. The first kappa shape index (κ1) is 22.7.